The molecule has 2 aromatic rings. The van der Waals surface area contributed by atoms with Crippen LogP contribution < -0.4 is 11.1 Å². The van der Waals surface area contributed by atoms with Gasteiger partial charge in [0.1, 0.15) is 11.4 Å². The summed E-state index contributed by atoms with van der Waals surface area (Å²) in [6.45, 7) is 0. The van der Waals surface area contributed by atoms with Gasteiger partial charge in [0.2, 0.25) is 0 Å². The molecule has 3 N–H and O–H groups in total. The summed E-state index contributed by atoms with van der Waals surface area (Å²) in [5.41, 5.74) is 5.72. The molecule has 2 heterocycles. The van der Waals surface area contributed by atoms with Crippen molar-refractivity contribution >= 4 is 11.5 Å². The summed E-state index contributed by atoms with van der Waals surface area (Å²) < 4.78 is 40.9. The minimum Gasteiger partial charge on any atom is -0.367 e. The second-order valence-electron chi connectivity index (χ2n) is 6.99. The molecule has 130 valence electrons. The summed E-state index contributed by atoms with van der Waals surface area (Å²) in [6.07, 6.45) is 2.02. The van der Waals surface area contributed by atoms with Crippen molar-refractivity contribution in [3.05, 3.63) is 23.5 Å². The predicted octanol–water partition coefficient (Wildman–Crippen LogP) is 2.99. The molecule has 0 bridgehead atoms. The van der Waals surface area contributed by atoms with E-state index in [0.29, 0.717) is 17.4 Å². The van der Waals surface area contributed by atoms with Crippen LogP contribution in [0.2, 0.25) is 0 Å². The van der Waals surface area contributed by atoms with E-state index in [9.17, 15) is 13.2 Å². The largest absolute Gasteiger partial charge is 0.421 e. The van der Waals surface area contributed by atoms with E-state index in [1.165, 1.54) is 4.52 Å². The van der Waals surface area contributed by atoms with Crippen LogP contribution in [0.4, 0.5) is 19.0 Å². The monoisotopic (exact) mass is 339 g/mol. The van der Waals surface area contributed by atoms with Crippen LogP contribution in [-0.2, 0) is 12.6 Å². The van der Waals surface area contributed by atoms with Crippen molar-refractivity contribution in [1.29, 1.82) is 0 Å². The van der Waals surface area contributed by atoms with E-state index in [2.05, 4.69) is 15.4 Å². The first-order valence-corrected chi connectivity index (χ1v) is 8.37. The molecule has 8 heteroatoms. The number of hydrogen-bond donors (Lipinski definition) is 2. The lowest BCUT2D eigenvalue weighted by Gasteiger charge is -2.16. The molecule has 2 aliphatic carbocycles. The van der Waals surface area contributed by atoms with Gasteiger partial charge in [-0.1, -0.05) is 0 Å². The summed E-state index contributed by atoms with van der Waals surface area (Å²) in [4.78, 5) is 4.25. The molecule has 2 aliphatic rings. The van der Waals surface area contributed by atoms with E-state index in [-0.39, 0.29) is 17.7 Å². The normalized spacial score (nSPS) is 24.7. The first-order valence-electron chi connectivity index (χ1n) is 8.37. The Labute approximate surface area is 137 Å². The molecule has 4 rings (SSSR count). The van der Waals surface area contributed by atoms with Gasteiger partial charge in [-0.3, -0.25) is 0 Å². The second-order valence-corrected chi connectivity index (χ2v) is 6.99. The van der Waals surface area contributed by atoms with E-state index in [1.54, 1.807) is 0 Å². The molecular weight excluding hydrogens is 319 g/mol. The number of nitrogens with zero attached hydrogens (tertiary/aromatic N) is 3. The minimum absolute atomic E-state index is 0.120. The fourth-order valence-electron chi connectivity index (χ4n) is 3.39. The molecule has 0 amide bonds. The van der Waals surface area contributed by atoms with Crippen molar-refractivity contribution in [1.82, 2.24) is 14.6 Å². The number of nitrogens with two attached hydrogens (primary N) is 1. The molecule has 2 atom stereocenters. The van der Waals surface area contributed by atoms with Crippen LogP contribution in [0.15, 0.2) is 12.3 Å². The van der Waals surface area contributed by atoms with Crippen LogP contribution in [0, 0.1) is 5.92 Å². The molecule has 0 radical (unpaired) electrons. The van der Waals surface area contributed by atoms with Crippen molar-refractivity contribution in [3.63, 3.8) is 0 Å². The van der Waals surface area contributed by atoms with E-state index in [0.717, 1.165) is 44.7 Å². The van der Waals surface area contributed by atoms with Gasteiger partial charge in [-0.25, -0.2) is 4.98 Å². The van der Waals surface area contributed by atoms with Gasteiger partial charge in [0.15, 0.2) is 5.65 Å². The Balaban J connectivity index is 1.73. The number of alkyl halides is 3. The summed E-state index contributed by atoms with van der Waals surface area (Å²) in [7, 11) is 0. The Bertz CT molecular complexity index is 750. The molecule has 0 spiro atoms. The number of halogens is 3. The Morgan fingerprint density at radius 1 is 1.25 bits per heavy atom. The van der Waals surface area contributed by atoms with Gasteiger partial charge in [-0.15, -0.1) is 0 Å². The fourth-order valence-corrected chi connectivity index (χ4v) is 3.39. The summed E-state index contributed by atoms with van der Waals surface area (Å²) in [6, 6.07) is 2.15. The van der Waals surface area contributed by atoms with Gasteiger partial charge in [-0.2, -0.15) is 22.8 Å². The quantitative estimate of drug-likeness (QED) is 0.898. The zero-order chi connectivity index (χ0) is 16.9. The maximum atomic E-state index is 13.2. The molecule has 2 aromatic heterocycles. The lowest BCUT2D eigenvalue weighted by molar-refractivity contribution is -0.136. The molecule has 5 nitrogen and oxygen atoms in total. The van der Waals surface area contributed by atoms with Crippen LogP contribution in [0.5, 0.6) is 0 Å². The van der Waals surface area contributed by atoms with Crippen LogP contribution >= 0.6 is 0 Å². The Morgan fingerprint density at radius 2 is 2.04 bits per heavy atom. The van der Waals surface area contributed by atoms with Crippen LogP contribution in [-0.4, -0.2) is 26.7 Å². The van der Waals surface area contributed by atoms with Crippen molar-refractivity contribution in [2.75, 3.05) is 5.32 Å². The fraction of sp³-hybridized carbons (Fsp3) is 0.625. The van der Waals surface area contributed by atoms with Crippen LogP contribution in [0.3, 0.4) is 0 Å². The molecule has 24 heavy (non-hydrogen) atoms. The van der Waals surface area contributed by atoms with E-state index >= 15 is 0 Å². The third-order valence-corrected chi connectivity index (χ3v) is 4.85. The summed E-state index contributed by atoms with van der Waals surface area (Å²) in [5, 5.41) is 7.25. The highest BCUT2D eigenvalue weighted by atomic mass is 19.4. The number of aromatic nitrogens is 3. The number of fused-ring (bicyclic) bond motifs is 1. The van der Waals surface area contributed by atoms with Gasteiger partial charge >= 0.3 is 6.18 Å². The molecule has 0 saturated heterocycles. The number of anilines is 1. The molecule has 0 unspecified atom stereocenters. The number of nitrogens with one attached hydrogen (secondary N) is 1. The van der Waals surface area contributed by atoms with Crippen molar-refractivity contribution < 1.29 is 13.2 Å². The van der Waals surface area contributed by atoms with Gasteiger partial charge in [0, 0.05) is 23.8 Å². The first kappa shape index (κ1) is 15.7. The summed E-state index contributed by atoms with van der Waals surface area (Å²) >= 11 is 0. The average molecular weight is 339 g/mol. The molecule has 2 fully saturated rings. The lowest BCUT2D eigenvalue weighted by atomic mass is 10.2. The third kappa shape index (κ3) is 3.07. The summed E-state index contributed by atoms with van der Waals surface area (Å²) in [5.74, 6) is 1.12. The first-order chi connectivity index (χ1) is 11.4. The van der Waals surface area contributed by atoms with Crippen LogP contribution in [0.25, 0.3) is 5.65 Å². The van der Waals surface area contributed by atoms with Crippen molar-refractivity contribution in [2.24, 2.45) is 11.7 Å². The smallest absolute Gasteiger partial charge is 0.367 e. The predicted molar refractivity (Wildman–Crippen MR) is 83.7 cm³/mol. The number of hydrogen-bond acceptors (Lipinski definition) is 4. The maximum Gasteiger partial charge on any atom is 0.421 e. The molecule has 0 aromatic carbocycles. The molecule has 0 aliphatic heterocycles. The standard InChI is InChI=1S/C16H20F3N5/c17-16(18,19)13-8-21-24-14(22-11-4-3-10(20)6-11)7-12(23-15(13)24)5-9-1-2-9/h7-11,22H,1-6,20H2/t10-,11-/m0/s1. The van der Waals surface area contributed by atoms with E-state index in [4.69, 9.17) is 5.73 Å². The zero-order valence-corrected chi connectivity index (χ0v) is 13.2. The zero-order valence-electron chi connectivity index (χ0n) is 13.2. The van der Waals surface area contributed by atoms with Gasteiger partial charge < -0.3 is 11.1 Å². The highest BCUT2D eigenvalue weighted by Gasteiger charge is 2.36. The van der Waals surface area contributed by atoms with Crippen molar-refractivity contribution in [3.8, 4) is 0 Å². The van der Waals surface area contributed by atoms with Crippen molar-refractivity contribution in [2.45, 2.75) is 56.8 Å². The molecule has 2 saturated carbocycles. The van der Waals surface area contributed by atoms with E-state index in [1.807, 2.05) is 6.07 Å². The maximum absolute atomic E-state index is 13.2. The van der Waals surface area contributed by atoms with Gasteiger partial charge in [0.25, 0.3) is 0 Å². The second kappa shape index (κ2) is 5.61. The van der Waals surface area contributed by atoms with E-state index < -0.39 is 11.7 Å². The third-order valence-electron chi connectivity index (χ3n) is 4.85. The Morgan fingerprint density at radius 3 is 2.67 bits per heavy atom. The minimum atomic E-state index is -4.46. The topological polar surface area (TPSA) is 68.2 Å². The number of rotatable bonds is 4. The highest BCUT2D eigenvalue weighted by molar-refractivity contribution is 5.56. The average Bonchev–Trinajstić information content (AvgIpc) is 3.03. The Kier molecular flexibility index (Phi) is 3.67. The lowest BCUT2D eigenvalue weighted by Crippen LogP contribution is -2.22. The molecular formula is C16H20F3N5. The van der Waals surface area contributed by atoms with Gasteiger partial charge in [-0.05, 0) is 44.4 Å². The van der Waals surface area contributed by atoms with Gasteiger partial charge in [0.05, 0.1) is 6.20 Å². The SMILES string of the molecule is N[C@H]1CC[C@H](Nc2cc(CC3CC3)nc3c(C(F)(F)F)cnn23)C1. The highest BCUT2D eigenvalue weighted by Crippen LogP contribution is 2.35. The van der Waals surface area contributed by atoms with Crippen LogP contribution in [0.1, 0.15) is 43.4 Å². The Hall–Kier alpha value is -1.83.